The van der Waals surface area contributed by atoms with Gasteiger partial charge in [-0.25, -0.2) is 9.99 Å². The van der Waals surface area contributed by atoms with Gasteiger partial charge in [0.05, 0.1) is 11.7 Å². The number of hydrazone groups is 1. The summed E-state index contributed by atoms with van der Waals surface area (Å²) in [6.45, 7) is 7.40. The molecule has 1 N–H and O–H groups in total. The van der Waals surface area contributed by atoms with Gasteiger partial charge in [-0.1, -0.05) is 0 Å². The molecule has 1 aliphatic rings. The van der Waals surface area contributed by atoms with Crippen LogP contribution in [-0.2, 0) is 20.9 Å². The van der Waals surface area contributed by atoms with E-state index in [-0.39, 0.29) is 24.5 Å². The Morgan fingerprint density at radius 3 is 2.65 bits per heavy atom. The van der Waals surface area contributed by atoms with Crippen LogP contribution in [0.15, 0.2) is 17.5 Å². The maximum Gasteiger partial charge on any atom is 0.280 e. The van der Waals surface area contributed by atoms with E-state index in [9.17, 15) is 9.35 Å². The summed E-state index contributed by atoms with van der Waals surface area (Å²) in [5, 5.41) is 5.29. The molecule has 2 rings (SSSR count). The van der Waals surface area contributed by atoms with Crippen LogP contribution in [0, 0.1) is 0 Å². The second-order valence-corrected chi connectivity index (χ2v) is 8.12. The summed E-state index contributed by atoms with van der Waals surface area (Å²) in [7, 11) is 1.55. The van der Waals surface area contributed by atoms with Gasteiger partial charge in [0, 0.05) is 30.8 Å². The fourth-order valence-corrected chi connectivity index (χ4v) is 2.57. The first-order valence-electron chi connectivity index (χ1n) is 7.17. The molecule has 0 fully saturated rings. The van der Waals surface area contributed by atoms with Crippen molar-refractivity contribution in [3.8, 4) is 0 Å². The Balaban J connectivity index is 2.27. The molecule has 0 saturated carbocycles. The van der Waals surface area contributed by atoms with E-state index in [4.69, 9.17) is 4.74 Å². The predicted octanol–water partition coefficient (Wildman–Crippen LogP) is 0.740. The van der Waals surface area contributed by atoms with Gasteiger partial charge in [-0.3, -0.25) is 9.78 Å². The summed E-state index contributed by atoms with van der Waals surface area (Å²) in [6, 6.07) is -0.326. The average Bonchev–Trinajstić information content (AvgIpc) is 2.49. The molecule has 23 heavy (non-hydrogen) atoms. The van der Waals surface area contributed by atoms with E-state index in [1.165, 1.54) is 11.2 Å². The number of aromatic nitrogens is 2. The number of likely N-dealkylation sites (N-methyl/N-ethyl adjacent to an activating group) is 1. The SMILES string of the molecule is CC(N[S+]([O-])C(C)(C)C)c1nccnc1C1=NN(C)C(=O)CO1. The van der Waals surface area contributed by atoms with Crippen LogP contribution in [-0.4, -0.2) is 49.7 Å². The number of ether oxygens (including phenoxy) is 1. The summed E-state index contributed by atoms with van der Waals surface area (Å²) in [6.07, 6.45) is 3.07. The van der Waals surface area contributed by atoms with Crippen molar-refractivity contribution >= 4 is 23.2 Å². The van der Waals surface area contributed by atoms with E-state index in [1.807, 2.05) is 27.7 Å². The number of carbonyl (C=O) groups is 1. The van der Waals surface area contributed by atoms with Crippen molar-refractivity contribution in [2.45, 2.75) is 38.5 Å². The molecule has 0 aromatic carbocycles. The Hall–Kier alpha value is -1.71. The first-order valence-corrected chi connectivity index (χ1v) is 8.32. The van der Waals surface area contributed by atoms with Crippen molar-refractivity contribution in [2.75, 3.05) is 13.7 Å². The molecule has 0 spiro atoms. The van der Waals surface area contributed by atoms with E-state index in [0.29, 0.717) is 11.4 Å². The number of hydrogen-bond donors (Lipinski definition) is 1. The number of rotatable bonds is 4. The van der Waals surface area contributed by atoms with Crippen LogP contribution < -0.4 is 4.72 Å². The monoisotopic (exact) mass is 339 g/mol. The molecular weight excluding hydrogens is 318 g/mol. The van der Waals surface area contributed by atoms with Crippen LogP contribution >= 0.6 is 0 Å². The van der Waals surface area contributed by atoms with Gasteiger partial charge in [0.1, 0.15) is 10.4 Å². The fraction of sp³-hybridized carbons (Fsp3) is 0.571. The molecule has 126 valence electrons. The fourth-order valence-electron chi connectivity index (χ4n) is 1.78. The van der Waals surface area contributed by atoms with E-state index < -0.39 is 16.1 Å². The van der Waals surface area contributed by atoms with Crippen molar-refractivity contribution in [1.29, 1.82) is 0 Å². The molecule has 9 heteroatoms. The molecule has 8 nitrogen and oxygen atoms in total. The molecule has 1 aliphatic heterocycles. The molecule has 2 heterocycles. The van der Waals surface area contributed by atoms with E-state index >= 15 is 0 Å². The second kappa shape index (κ2) is 6.81. The minimum Gasteiger partial charge on any atom is -0.598 e. The number of amides is 1. The van der Waals surface area contributed by atoms with E-state index in [2.05, 4.69) is 19.8 Å². The predicted molar refractivity (Wildman–Crippen MR) is 86.7 cm³/mol. The summed E-state index contributed by atoms with van der Waals surface area (Å²) >= 11 is -1.26. The Morgan fingerprint density at radius 1 is 1.39 bits per heavy atom. The topological polar surface area (TPSA) is 103 Å². The lowest BCUT2D eigenvalue weighted by molar-refractivity contribution is -0.134. The van der Waals surface area contributed by atoms with Gasteiger partial charge in [0.25, 0.3) is 11.8 Å². The van der Waals surface area contributed by atoms with E-state index in [1.54, 1.807) is 13.2 Å². The smallest absolute Gasteiger partial charge is 0.280 e. The second-order valence-electron chi connectivity index (χ2n) is 6.12. The highest BCUT2D eigenvalue weighted by molar-refractivity contribution is 7.90. The van der Waals surface area contributed by atoms with Gasteiger partial charge in [-0.2, -0.15) is 0 Å². The molecule has 2 unspecified atom stereocenters. The molecule has 0 saturated heterocycles. The van der Waals surface area contributed by atoms with Crippen LogP contribution in [0.1, 0.15) is 45.1 Å². The Bertz CT molecular complexity index is 617. The quantitative estimate of drug-likeness (QED) is 0.812. The van der Waals surface area contributed by atoms with Crippen LogP contribution in [0.5, 0.6) is 0 Å². The van der Waals surface area contributed by atoms with Crippen molar-refractivity contribution in [3.05, 3.63) is 23.8 Å². The van der Waals surface area contributed by atoms with Crippen molar-refractivity contribution in [2.24, 2.45) is 5.10 Å². The molecular formula is C14H21N5O3S. The summed E-state index contributed by atoms with van der Waals surface area (Å²) in [5.41, 5.74) is 0.990. The van der Waals surface area contributed by atoms with Gasteiger partial charge in [0.2, 0.25) is 0 Å². The van der Waals surface area contributed by atoms with Crippen LogP contribution in [0.25, 0.3) is 0 Å². The van der Waals surface area contributed by atoms with Gasteiger partial charge in [0.15, 0.2) is 6.61 Å². The maximum absolute atomic E-state index is 12.3. The van der Waals surface area contributed by atoms with Crippen molar-refractivity contribution in [1.82, 2.24) is 19.7 Å². The number of nitrogens with one attached hydrogen (secondary N) is 1. The average molecular weight is 339 g/mol. The minimum absolute atomic E-state index is 0.0962. The molecule has 1 aromatic heterocycles. The molecule has 0 aliphatic carbocycles. The summed E-state index contributed by atoms with van der Waals surface area (Å²) in [5.74, 6) is -0.00964. The minimum atomic E-state index is -1.26. The molecule has 1 amide bonds. The summed E-state index contributed by atoms with van der Waals surface area (Å²) in [4.78, 5) is 20.0. The van der Waals surface area contributed by atoms with Crippen molar-refractivity contribution < 1.29 is 14.1 Å². The molecule has 1 aromatic rings. The molecule has 0 radical (unpaired) electrons. The Morgan fingerprint density at radius 2 is 2.04 bits per heavy atom. The Labute approximate surface area is 138 Å². The van der Waals surface area contributed by atoms with Crippen LogP contribution in [0.4, 0.5) is 0 Å². The highest BCUT2D eigenvalue weighted by atomic mass is 32.2. The largest absolute Gasteiger partial charge is 0.598 e. The molecule has 2 atom stereocenters. The van der Waals surface area contributed by atoms with Gasteiger partial charge >= 0.3 is 0 Å². The zero-order chi connectivity index (χ0) is 17.2. The highest BCUT2D eigenvalue weighted by Gasteiger charge is 2.31. The zero-order valence-corrected chi connectivity index (χ0v) is 14.7. The lowest BCUT2D eigenvalue weighted by atomic mass is 10.2. The van der Waals surface area contributed by atoms with Gasteiger partial charge < -0.3 is 9.29 Å². The molecule has 0 bridgehead atoms. The highest BCUT2D eigenvalue weighted by Crippen LogP contribution is 2.21. The first kappa shape index (κ1) is 17.6. The Kier molecular flexibility index (Phi) is 5.23. The zero-order valence-electron chi connectivity index (χ0n) is 13.9. The number of hydrogen-bond acceptors (Lipinski definition) is 7. The lowest BCUT2D eigenvalue weighted by Crippen LogP contribution is -2.41. The lowest BCUT2D eigenvalue weighted by Gasteiger charge is -2.27. The summed E-state index contributed by atoms with van der Waals surface area (Å²) < 4.78 is 20.2. The maximum atomic E-state index is 12.3. The van der Waals surface area contributed by atoms with Crippen LogP contribution in [0.3, 0.4) is 0 Å². The van der Waals surface area contributed by atoms with E-state index in [0.717, 1.165) is 0 Å². The van der Waals surface area contributed by atoms with Crippen molar-refractivity contribution in [3.63, 3.8) is 0 Å². The third-order valence-corrected chi connectivity index (χ3v) is 4.79. The van der Waals surface area contributed by atoms with Gasteiger partial charge in [-0.05, 0) is 27.7 Å². The normalized spacial score (nSPS) is 18.3. The first-order chi connectivity index (χ1) is 10.7. The van der Waals surface area contributed by atoms with Crippen LogP contribution in [0.2, 0.25) is 0 Å². The number of nitrogens with zero attached hydrogens (tertiary/aromatic N) is 4. The third-order valence-electron chi connectivity index (χ3n) is 3.11. The van der Waals surface area contributed by atoms with Gasteiger partial charge in [-0.15, -0.1) is 9.82 Å². The third kappa shape index (κ3) is 4.18. The number of carbonyl (C=O) groups excluding carboxylic acids is 1. The standard InChI is InChI=1S/C14H21N5O3S/c1-9(18-23(21)14(2,3)4)11-12(16-7-6-15-11)13-17-19(5)10(20)8-22-13/h6-7,9,18H,8H2,1-5H3.